The zero-order valence-electron chi connectivity index (χ0n) is 8.30. The van der Waals surface area contributed by atoms with Crippen LogP contribution in [0.5, 0.6) is 0 Å². The summed E-state index contributed by atoms with van der Waals surface area (Å²) in [7, 11) is 0. The van der Waals surface area contributed by atoms with Crippen LogP contribution < -0.4 is 0 Å². The normalized spacial score (nSPS) is 11.5. The van der Waals surface area contributed by atoms with E-state index in [1.54, 1.807) is 25.1 Å². The fourth-order valence-corrected chi connectivity index (χ4v) is 2.09. The van der Waals surface area contributed by atoms with Crippen molar-refractivity contribution in [1.29, 1.82) is 0 Å². The molecule has 0 aliphatic heterocycles. The number of hydrogen-bond acceptors (Lipinski definition) is 2. The van der Waals surface area contributed by atoms with E-state index in [-0.39, 0.29) is 22.0 Å². The lowest BCUT2D eigenvalue weighted by Gasteiger charge is -2.24. The topological polar surface area (TPSA) is 40.5 Å². The molecule has 0 aromatic heterocycles. The first-order valence-corrected chi connectivity index (χ1v) is 5.14. The summed E-state index contributed by atoms with van der Waals surface area (Å²) in [6, 6.07) is 4.76. The SMILES string of the molecule is C=C(C)CC(O)(O)c1c(Cl)cccc1Cl. The van der Waals surface area contributed by atoms with Gasteiger partial charge in [-0.3, -0.25) is 0 Å². The van der Waals surface area contributed by atoms with Gasteiger partial charge < -0.3 is 10.2 Å². The number of aliphatic hydroxyl groups is 2. The molecule has 0 atom stereocenters. The Morgan fingerprint density at radius 2 is 1.80 bits per heavy atom. The molecule has 0 fully saturated rings. The standard InChI is InChI=1S/C11H12Cl2O2/c1-7(2)6-11(14,15)10-8(12)4-3-5-9(10)13/h3-5,14-15H,1,6H2,2H3. The molecule has 1 aromatic carbocycles. The maximum absolute atomic E-state index is 9.84. The second-order valence-corrected chi connectivity index (χ2v) is 4.36. The lowest BCUT2D eigenvalue weighted by atomic mass is 9.99. The van der Waals surface area contributed by atoms with Crippen LogP contribution in [-0.4, -0.2) is 10.2 Å². The highest BCUT2D eigenvalue weighted by Crippen LogP contribution is 2.35. The highest BCUT2D eigenvalue weighted by Gasteiger charge is 2.30. The molecule has 2 N–H and O–H groups in total. The van der Waals surface area contributed by atoms with E-state index >= 15 is 0 Å². The zero-order valence-corrected chi connectivity index (χ0v) is 9.81. The minimum Gasteiger partial charge on any atom is -0.362 e. The smallest absolute Gasteiger partial charge is 0.196 e. The second-order valence-electron chi connectivity index (χ2n) is 3.55. The third-order valence-electron chi connectivity index (χ3n) is 1.91. The van der Waals surface area contributed by atoms with E-state index < -0.39 is 5.79 Å². The molecule has 2 nitrogen and oxygen atoms in total. The fourth-order valence-electron chi connectivity index (χ4n) is 1.39. The van der Waals surface area contributed by atoms with Gasteiger partial charge in [-0.15, -0.1) is 0 Å². The Morgan fingerprint density at radius 1 is 1.33 bits per heavy atom. The van der Waals surface area contributed by atoms with Gasteiger partial charge in [-0.1, -0.05) is 41.4 Å². The quantitative estimate of drug-likeness (QED) is 0.636. The average Bonchev–Trinajstić information content (AvgIpc) is 1.99. The number of rotatable bonds is 3. The van der Waals surface area contributed by atoms with Crippen molar-refractivity contribution >= 4 is 23.2 Å². The summed E-state index contributed by atoms with van der Waals surface area (Å²) in [5.74, 6) is -2.07. The lowest BCUT2D eigenvalue weighted by molar-refractivity contribution is -0.167. The molecule has 15 heavy (non-hydrogen) atoms. The molecule has 82 valence electrons. The molecule has 1 rings (SSSR count). The minimum atomic E-state index is -2.07. The molecule has 0 unspecified atom stereocenters. The van der Waals surface area contributed by atoms with Crippen LogP contribution in [0.3, 0.4) is 0 Å². The molecule has 0 amide bonds. The van der Waals surface area contributed by atoms with E-state index in [0.717, 1.165) is 0 Å². The van der Waals surface area contributed by atoms with Crippen molar-refractivity contribution < 1.29 is 10.2 Å². The third-order valence-corrected chi connectivity index (χ3v) is 2.54. The molecular weight excluding hydrogens is 235 g/mol. The van der Waals surface area contributed by atoms with Gasteiger partial charge in [0.25, 0.3) is 0 Å². The van der Waals surface area contributed by atoms with Gasteiger partial charge in [-0.05, 0) is 19.1 Å². The van der Waals surface area contributed by atoms with Gasteiger partial charge in [0.2, 0.25) is 0 Å². The molecule has 0 bridgehead atoms. The van der Waals surface area contributed by atoms with Crippen molar-refractivity contribution in [2.45, 2.75) is 19.1 Å². The Bertz CT molecular complexity index is 366. The van der Waals surface area contributed by atoms with Gasteiger partial charge in [-0.2, -0.15) is 0 Å². The molecule has 0 aliphatic carbocycles. The molecule has 0 radical (unpaired) electrons. The minimum absolute atomic E-state index is 0.00352. The molecule has 4 heteroatoms. The van der Waals surface area contributed by atoms with E-state index in [1.807, 2.05) is 0 Å². The summed E-state index contributed by atoms with van der Waals surface area (Å²) in [6.45, 7) is 5.32. The predicted octanol–water partition coefficient (Wildman–Crippen LogP) is 3.10. The Morgan fingerprint density at radius 3 is 2.20 bits per heavy atom. The molecule has 0 heterocycles. The summed E-state index contributed by atoms with van der Waals surface area (Å²) in [5.41, 5.74) is 0.757. The number of hydrogen-bond donors (Lipinski definition) is 2. The molecule has 1 aromatic rings. The van der Waals surface area contributed by atoms with Crippen LogP contribution in [0.1, 0.15) is 18.9 Å². The molecule has 0 spiro atoms. The Kier molecular flexibility index (Phi) is 3.79. The van der Waals surface area contributed by atoms with E-state index in [0.29, 0.717) is 5.57 Å². The van der Waals surface area contributed by atoms with Crippen molar-refractivity contribution in [3.8, 4) is 0 Å². The van der Waals surface area contributed by atoms with E-state index in [9.17, 15) is 10.2 Å². The fraction of sp³-hybridized carbons (Fsp3) is 0.273. The number of halogens is 2. The van der Waals surface area contributed by atoms with Crippen molar-refractivity contribution in [3.05, 3.63) is 46.0 Å². The van der Waals surface area contributed by atoms with E-state index in [4.69, 9.17) is 23.2 Å². The van der Waals surface area contributed by atoms with E-state index in [1.165, 1.54) is 0 Å². The van der Waals surface area contributed by atoms with Crippen LogP contribution in [-0.2, 0) is 5.79 Å². The van der Waals surface area contributed by atoms with Gasteiger partial charge in [0.05, 0.1) is 10.0 Å². The Hall–Kier alpha value is -0.540. The third kappa shape index (κ3) is 2.95. The summed E-state index contributed by atoms with van der Waals surface area (Å²) >= 11 is 11.7. The summed E-state index contributed by atoms with van der Waals surface area (Å²) < 4.78 is 0. The van der Waals surface area contributed by atoms with Gasteiger partial charge in [-0.25, -0.2) is 0 Å². The first kappa shape index (κ1) is 12.5. The van der Waals surface area contributed by atoms with Crippen LogP contribution in [0.2, 0.25) is 10.0 Å². The first-order chi connectivity index (χ1) is 6.84. The Labute approximate surface area is 98.8 Å². The van der Waals surface area contributed by atoms with Crippen LogP contribution in [0.15, 0.2) is 30.4 Å². The van der Waals surface area contributed by atoms with Crippen molar-refractivity contribution in [2.75, 3.05) is 0 Å². The van der Waals surface area contributed by atoms with Crippen LogP contribution >= 0.6 is 23.2 Å². The van der Waals surface area contributed by atoms with Gasteiger partial charge in [0.15, 0.2) is 5.79 Å². The van der Waals surface area contributed by atoms with Crippen molar-refractivity contribution in [2.24, 2.45) is 0 Å². The van der Waals surface area contributed by atoms with Crippen LogP contribution in [0.25, 0.3) is 0 Å². The van der Waals surface area contributed by atoms with Gasteiger partial charge in [0.1, 0.15) is 0 Å². The summed E-state index contributed by atoms with van der Waals surface area (Å²) in [4.78, 5) is 0. The molecule has 0 saturated heterocycles. The summed E-state index contributed by atoms with van der Waals surface area (Å²) in [6.07, 6.45) is -0.00352. The molecule has 0 saturated carbocycles. The largest absolute Gasteiger partial charge is 0.362 e. The second kappa shape index (κ2) is 4.54. The van der Waals surface area contributed by atoms with Crippen molar-refractivity contribution in [1.82, 2.24) is 0 Å². The molecule has 0 aliphatic rings. The monoisotopic (exact) mass is 246 g/mol. The van der Waals surface area contributed by atoms with Gasteiger partial charge in [0, 0.05) is 12.0 Å². The predicted molar refractivity (Wildman–Crippen MR) is 62.0 cm³/mol. The number of benzene rings is 1. The Balaban J connectivity index is 3.19. The highest BCUT2D eigenvalue weighted by molar-refractivity contribution is 6.36. The molecular formula is C11H12Cl2O2. The maximum atomic E-state index is 9.84. The van der Waals surface area contributed by atoms with Crippen molar-refractivity contribution in [3.63, 3.8) is 0 Å². The van der Waals surface area contributed by atoms with Crippen LogP contribution in [0, 0.1) is 0 Å². The van der Waals surface area contributed by atoms with E-state index in [2.05, 4.69) is 6.58 Å². The lowest BCUT2D eigenvalue weighted by Crippen LogP contribution is -2.26. The average molecular weight is 247 g/mol. The van der Waals surface area contributed by atoms with Gasteiger partial charge >= 0.3 is 0 Å². The highest BCUT2D eigenvalue weighted by atomic mass is 35.5. The summed E-state index contributed by atoms with van der Waals surface area (Å²) in [5, 5.41) is 20.1. The first-order valence-electron chi connectivity index (χ1n) is 4.38. The van der Waals surface area contributed by atoms with Crippen LogP contribution in [0.4, 0.5) is 0 Å². The maximum Gasteiger partial charge on any atom is 0.196 e. The zero-order chi connectivity index (χ0) is 11.6.